The SMILES string of the molecule is CC(C)n1c(=O)cc(N[C@H]2CCOc3ccccc32)[nH]c1=O. The zero-order chi connectivity index (χ0) is 15.7. The van der Waals surface area contributed by atoms with Crippen LogP contribution in [0.15, 0.2) is 39.9 Å². The topological polar surface area (TPSA) is 76.1 Å². The molecule has 2 aromatic rings. The minimum Gasteiger partial charge on any atom is -0.493 e. The summed E-state index contributed by atoms with van der Waals surface area (Å²) in [7, 11) is 0. The Morgan fingerprint density at radius 3 is 2.82 bits per heavy atom. The van der Waals surface area contributed by atoms with Gasteiger partial charge < -0.3 is 10.1 Å². The predicted octanol–water partition coefficient (Wildman–Crippen LogP) is 2.05. The van der Waals surface area contributed by atoms with Gasteiger partial charge in [0.15, 0.2) is 0 Å². The van der Waals surface area contributed by atoms with E-state index in [0.29, 0.717) is 12.4 Å². The Labute approximate surface area is 127 Å². The first-order chi connectivity index (χ1) is 10.6. The van der Waals surface area contributed by atoms with E-state index in [1.54, 1.807) is 13.8 Å². The Kier molecular flexibility index (Phi) is 3.75. The number of fused-ring (bicyclic) bond motifs is 1. The number of aromatic nitrogens is 2. The number of aromatic amines is 1. The monoisotopic (exact) mass is 301 g/mol. The fraction of sp³-hybridized carbons (Fsp3) is 0.375. The summed E-state index contributed by atoms with van der Waals surface area (Å²) in [6.45, 7) is 4.21. The lowest BCUT2D eigenvalue weighted by Crippen LogP contribution is -2.36. The molecule has 1 aliphatic heterocycles. The number of H-pyrrole nitrogens is 1. The van der Waals surface area contributed by atoms with Crippen LogP contribution in [0.1, 0.15) is 37.9 Å². The van der Waals surface area contributed by atoms with Gasteiger partial charge >= 0.3 is 5.69 Å². The largest absolute Gasteiger partial charge is 0.493 e. The molecule has 0 fully saturated rings. The van der Waals surface area contributed by atoms with Crippen molar-refractivity contribution in [3.05, 3.63) is 56.7 Å². The molecule has 2 heterocycles. The number of nitrogens with zero attached hydrogens (tertiary/aromatic N) is 1. The van der Waals surface area contributed by atoms with Crippen molar-refractivity contribution < 1.29 is 4.74 Å². The minimum atomic E-state index is -0.398. The zero-order valence-corrected chi connectivity index (χ0v) is 12.6. The molecule has 1 aromatic carbocycles. The lowest BCUT2D eigenvalue weighted by molar-refractivity contribution is 0.274. The fourth-order valence-electron chi connectivity index (χ4n) is 2.75. The normalized spacial score (nSPS) is 17.0. The van der Waals surface area contributed by atoms with Crippen molar-refractivity contribution in [3.8, 4) is 5.75 Å². The second-order valence-electron chi connectivity index (χ2n) is 5.66. The second kappa shape index (κ2) is 5.71. The number of anilines is 1. The van der Waals surface area contributed by atoms with Crippen LogP contribution in [-0.4, -0.2) is 16.2 Å². The van der Waals surface area contributed by atoms with E-state index >= 15 is 0 Å². The van der Waals surface area contributed by atoms with Crippen molar-refractivity contribution in [2.45, 2.75) is 32.4 Å². The highest BCUT2D eigenvalue weighted by Crippen LogP contribution is 2.33. The van der Waals surface area contributed by atoms with Crippen molar-refractivity contribution in [1.29, 1.82) is 0 Å². The summed E-state index contributed by atoms with van der Waals surface area (Å²) in [6, 6.07) is 9.04. The maximum atomic E-state index is 12.1. The summed E-state index contributed by atoms with van der Waals surface area (Å²) in [5.74, 6) is 1.28. The first-order valence-corrected chi connectivity index (χ1v) is 7.40. The standard InChI is InChI=1S/C16H19N3O3/c1-10(2)19-15(20)9-14(18-16(19)21)17-12-7-8-22-13-6-4-3-5-11(12)13/h3-6,9-10,12,17H,7-8H2,1-2H3,(H,18,21)/t12-/m0/s1. The molecule has 0 spiro atoms. The highest BCUT2D eigenvalue weighted by Gasteiger charge is 2.21. The molecule has 0 saturated carbocycles. The summed E-state index contributed by atoms with van der Waals surface area (Å²) in [4.78, 5) is 26.8. The van der Waals surface area contributed by atoms with Crippen LogP contribution >= 0.6 is 0 Å². The first-order valence-electron chi connectivity index (χ1n) is 7.40. The van der Waals surface area contributed by atoms with Crippen LogP contribution in [0.25, 0.3) is 0 Å². The predicted molar refractivity (Wildman–Crippen MR) is 84.6 cm³/mol. The summed E-state index contributed by atoms with van der Waals surface area (Å²) in [5, 5.41) is 3.24. The molecule has 6 nitrogen and oxygen atoms in total. The van der Waals surface area contributed by atoms with E-state index in [9.17, 15) is 9.59 Å². The average molecular weight is 301 g/mol. The molecule has 0 bridgehead atoms. The third kappa shape index (κ3) is 2.64. The van der Waals surface area contributed by atoms with Crippen molar-refractivity contribution in [3.63, 3.8) is 0 Å². The van der Waals surface area contributed by atoms with E-state index in [4.69, 9.17) is 4.74 Å². The molecule has 2 N–H and O–H groups in total. The van der Waals surface area contributed by atoms with E-state index < -0.39 is 5.69 Å². The Morgan fingerprint density at radius 1 is 1.32 bits per heavy atom. The van der Waals surface area contributed by atoms with Gasteiger partial charge in [-0.2, -0.15) is 0 Å². The number of hydrogen-bond acceptors (Lipinski definition) is 4. The molecule has 116 valence electrons. The van der Waals surface area contributed by atoms with E-state index in [-0.39, 0.29) is 17.6 Å². The maximum Gasteiger partial charge on any atom is 0.330 e. The van der Waals surface area contributed by atoms with Crippen molar-refractivity contribution >= 4 is 5.82 Å². The van der Waals surface area contributed by atoms with Crippen LogP contribution in [-0.2, 0) is 0 Å². The van der Waals surface area contributed by atoms with Crippen LogP contribution in [0.5, 0.6) is 5.75 Å². The number of hydrogen-bond donors (Lipinski definition) is 2. The van der Waals surface area contributed by atoms with Crippen LogP contribution in [0.4, 0.5) is 5.82 Å². The number of benzene rings is 1. The van der Waals surface area contributed by atoms with Gasteiger partial charge in [-0.25, -0.2) is 4.79 Å². The minimum absolute atomic E-state index is 0.00917. The van der Waals surface area contributed by atoms with Gasteiger partial charge in [0.2, 0.25) is 0 Å². The summed E-state index contributed by atoms with van der Waals surface area (Å²) >= 11 is 0. The van der Waals surface area contributed by atoms with E-state index in [1.807, 2.05) is 24.3 Å². The quantitative estimate of drug-likeness (QED) is 0.910. The highest BCUT2D eigenvalue weighted by molar-refractivity contribution is 5.44. The lowest BCUT2D eigenvalue weighted by atomic mass is 10.0. The van der Waals surface area contributed by atoms with Crippen LogP contribution in [0, 0.1) is 0 Å². The Hall–Kier alpha value is -2.50. The Balaban J connectivity index is 1.92. The summed E-state index contributed by atoms with van der Waals surface area (Å²) in [6.07, 6.45) is 0.770. The van der Waals surface area contributed by atoms with E-state index in [0.717, 1.165) is 17.7 Å². The van der Waals surface area contributed by atoms with Gasteiger partial charge in [-0.1, -0.05) is 18.2 Å². The number of para-hydroxylation sites is 1. The molecule has 1 aromatic heterocycles. The fourth-order valence-corrected chi connectivity index (χ4v) is 2.75. The molecule has 22 heavy (non-hydrogen) atoms. The number of rotatable bonds is 3. The van der Waals surface area contributed by atoms with E-state index in [2.05, 4.69) is 10.3 Å². The highest BCUT2D eigenvalue weighted by atomic mass is 16.5. The zero-order valence-electron chi connectivity index (χ0n) is 12.6. The number of nitrogens with one attached hydrogen (secondary N) is 2. The molecule has 3 rings (SSSR count). The van der Waals surface area contributed by atoms with Gasteiger partial charge in [0.25, 0.3) is 5.56 Å². The summed E-state index contributed by atoms with van der Waals surface area (Å²) in [5.41, 5.74) is 0.328. The molecular weight excluding hydrogens is 282 g/mol. The van der Waals surface area contributed by atoms with Crippen molar-refractivity contribution in [2.24, 2.45) is 0 Å². The third-order valence-electron chi connectivity index (χ3n) is 3.77. The van der Waals surface area contributed by atoms with Crippen molar-refractivity contribution in [1.82, 2.24) is 9.55 Å². The smallest absolute Gasteiger partial charge is 0.330 e. The van der Waals surface area contributed by atoms with Crippen LogP contribution in [0.2, 0.25) is 0 Å². The molecule has 1 aliphatic rings. The lowest BCUT2D eigenvalue weighted by Gasteiger charge is -2.27. The first kappa shape index (κ1) is 14.4. The van der Waals surface area contributed by atoms with Gasteiger partial charge in [-0.15, -0.1) is 0 Å². The molecule has 0 aliphatic carbocycles. The molecular formula is C16H19N3O3. The maximum absolute atomic E-state index is 12.1. The second-order valence-corrected chi connectivity index (χ2v) is 5.66. The van der Waals surface area contributed by atoms with Crippen LogP contribution in [0.3, 0.4) is 0 Å². The molecule has 0 radical (unpaired) electrons. The molecule has 1 atom stereocenters. The van der Waals surface area contributed by atoms with E-state index in [1.165, 1.54) is 10.6 Å². The Morgan fingerprint density at radius 2 is 2.09 bits per heavy atom. The number of ether oxygens (including phenoxy) is 1. The molecule has 0 unspecified atom stereocenters. The molecule has 0 saturated heterocycles. The van der Waals surface area contributed by atoms with Gasteiger partial charge in [-0.3, -0.25) is 14.3 Å². The van der Waals surface area contributed by atoms with Gasteiger partial charge in [0, 0.05) is 24.1 Å². The van der Waals surface area contributed by atoms with Gasteiger partial charge in [-0.05, 0) is 19.9 Å². The van der Waals surface area contributed by atoms with Gasteiger partial charge in [0.05, 0.1) is 12.6 Å². The van der Waals surface area contributed by atoms with Crippen molar-refractivity contribution in [2.75, 3.05) is 11.9 Å². The third-order valence-corrected chi connectivity index (χ3v) is 3.77. The van der Waals surface area contributed by atoms with Crippen LogP contribution < -0.4 is 21.3 Å². The molecule has 0 amide bonds. The van der Waals surface area contributed by atoms with Gasteiger partial charge in [0.1, 0.15) is 11.6 Å². The summed E-state index contributed by atoms with van der Waals surface area (Å²) < 4.78 is 6.81. The molecule has 6 heteroatoms. The average Bonchev–Trinajstić information content (AvgIpc) is 2.46. The Bertz CT molecular complexity index is 760.